The van der Waals surface area contributed by atoms with Gasteiger partial charge in [-0.25, -0.2) is 0 Å². The number of hydrogen-bond donors (Lipinski definition) is 2. The lowest BCUT2D eigenvalue weighted by molar-refractivity contribution is -0.137. The van der Waals surface area contributed by atoms with Crippen molar-refractivity contribution in [1.82, 2.24) is 0 Å². The second-order valence-corrected chi connectivity index (χ2v) is 4.86. The SMILES string of the molecule is Cc1cc(C(CN)CC(=O)O)c(C)s1. The maximum Gasteiger partial charge on any atom is 0.304 e. The minimum Gasteiger partial charge on any atom is -0.481 e. The maximum absolute atomic E-state index is 10.6. The Kier molecular flexibility index (Phi) is 3.66. The van der Waals surface area contributed by atoms with E-state index in [9.17, 15) is 4.79 Å². The van der Waals surface area contributed by atoms with Crippen molar-refractivity contribution >= 4 is 17.3 Å². The zero-order valence-corrected chi connectivity index (χ0v) is 9.23. The van der Waals surface area contributed by atoms with Crippen LogP contribution in [0, 0.1) is 13.8 Å². The average molecular weight is 213 g/mol. The molecule has 78 valence electrons. The molecule has 1 rings (SSSR count). The predicted octanol–water partition coefficient (Wildman–Crippen LogP) is 1.88. The molecule has 0 fully saturated rings. The Morgan fingerprint density at radius 2 is 2.29 bits per heavy atom. The topological polar surface area (TPSA) is 63.3 Å². The van der Waals surface area contributed by atoms with Crippen LogP contribution in [0.15, 0.2) is 6.07 Å². The van der Waals surface area contributed by atoms with E-state index in [0.29, 0.717) is 6.54 Å². The highest BCUT2D eigenvalue weighted by Crippen LogP contribution is 2.29. The van der Waals surface area contributed by atoms with Crippen LogP contribution in [0.5, 0.6) is 0 Å². The van der Waals surface area contributed by atoms with Crippen LogP contribution in [-0.4, -0.2) is 17.6 Å². The zero-order chi connectivity index (χ0) is 10.7. The van der Waals surface area contributed by atoms with Crippen LogP contribution >= 0.6 is 11.3 Å². The summed E-state index contributed by atoms with van der Waals surface area (Å²) in [7, 11) is 0. The Balaban J connectivity index is 2.88. The van der Waals surface area contributed by atoms with Crippen molar-refractivity contribution in [2.75, 3.05) is 6.54 Å². The maximum atomic E-state index is 10.6. The molecular formula is C10H15NO2S. The van der Waals surface area contributed by atoms with Crippen molar-refractivity contribution in [3.05, 3.63) is 21.4 Å². The fourth-order valence-electron chi connectivity index (χ4n) is 1.59. The summed E-state index contributed by atoms with van der Waals surface area (Å²) in [6.07, 6.45) is 0.119. The second kappa shape index (κ2) is 4.57. The second-order valence-electron chi connectivity index (χ2n) is 3.40. The number of nitrogens with two attached hydrogens (primary N) is 1. The third-order valence-corrected chi connectivity index (χ3v) is 3.21. The van der Waals surface area contributed by atoms with E-state index in [2.05, 4.69) is 0 Å². The highest BCUT2D eigenvalue weighted by molar-refractivity contribution is 7.12. The van der Waals surface area contributed by atoms with E-state index in [-0.39, 0.29) is 12.3 Å². The number of aliphatic carboxylic acids is 1. The van der Waals surface area contributed by atoms with Crippen molar-refractivity contribution in [2.24, 2.45) is 5.73 Å². The standard InChI is InChI=1S/C10H15NO2S/c1-6-3-9(7(2)14-6)8(5-11)4-10(12)13/h3,8H,4-5,11H2,1-2H3,(H,12,13). The first kappa shape index (κ1) is 11.2. The van der Waals surface area contributed by atoms with Crippen LogP contribution in [0.1, 0.15) is 27.7 Å². The summed E-state index contributed by atoms with van der Waals surface area (Å²) < 4.78 is 0. The van der Waals surface area contributed by atoms with Gasteiger partial charge in [0, 0.05) is 15.7 Å². The van der Waals surface area contributed by atoms with E-state index in [0.717, 1.165) is 5.56 Å². The molecule has 14 heavy (non-hydrogen) atoms. The number of carbonyl (C=O) groups is 1. The Labute approximate surface area is 87.6 Å². The van der Waals surface area contributed by atoms with Gasteiger partial charge in [-0.2, -0.15) is 0 Å². The monoisotopic (exact) mass is 213 g/mol. The van der Waals surface area contributed by atoms with Crippen molar-refractivity contribution in [3.8, 4) is 0 Å². The van der Waals surface area contributed by atoms with Gasteiger partial charge in [-0.1, -0.05) is 0 Å². The molecule has 1 heterocycles. The Morgan fingerprint density at radius 1 is 1.64 bits per heavy atom. The van der Waals surface area contributed by atoms with Gasteiger partial charge in [0.05, 0.1) is 6.42 Å². The normalized spacial score (nSPS) is 12.8. The van der Waals surface area contributed by atoms with E-state index in [1.165, 1.54) is 9.75 Å². The molecule has 1 aromatic heterocycles. The number of carboxylic acids is 1. The number of aryl methyl sites for hydroxylation is 2. The minimum absolute atomic E-state index is 0.0440. The van der Waals surface area contributed by atoms with E-state index in [4.69, 9.17) is 10.8 Å². The van der Waals surface area contributed by atoms with Crippen LogP contribution in [0.4, 0.5) is 0 Å². The number of hydrogen-bond acceptors (Lipinski definition) is 3. The van der Waals surface area contributed by atoms with Gasteiger partial charge < -0.3 is 10.8 Å². The molecule has 1 atom stereocenters. The van der Waals surface area contributed by atoms with Crippen molar-refractivity contribution in [2.45, 2.75) is 26.2 Å². The number of thiophene rings is 1. The Morgan fingerprint density at radius 3 is 2.64 bits per heavy atom. The lowest BCUT2D eigenvalue weighted by Crippen LogP contribution is -2.16. The van der Waals surface area contributed by atoms with Gasteiger partial charge in [0.15, 0.2) is 0 Å². The Bertz CT molecular complexity index is 333. The lowest BCUT2D eigenvalue weighted by atomic mass is 9.96. The first-order valence-electron chi connectivity index (χ1n) is 4.53. The van der Waals surface area contributed by atoms with Gasteiger partial charge in [0.2, 0.25) is 0 Å². The highest BCUT2D eigenvalue weighted by Gasteiger charge is 2.17. The lowest BCUT2D eigenvalue weighted by Gasteiger charge is -2.11. The van der Waals surface area contributed by atoms with Crippen molar-refractivity contribution in [3.63, 3.8) is 0 Å². The molecule has 0 saturated heterocycles. The fourth-order valence-corrected chi connectivity index (χ4v) is 2.60. The van der Waals surface area contributed by atoms with E-state index in [1.807, 2.05) is 19.9 Å². The molecule has 0 aromatic carbocycles. The van der Waals surface area contributed by atoms with Crippen molar-refractivity contribution in [1.29, 1.82) is 0 Å². The molecule has 0 spiro atoms. The first-order valence-corrected chi connectivity index (χ1v) is 5.35. The molecule has 0 amide bonds. The van der Waals surface area contributed by atoms with Gasteiger partial charge in [-0.15, -0.1) is 11.3 Å². The first-order chi connectivity index (χ1) is 6.54. The van der Waals surface area contributed by atoms with E-state index < -0.39 is 5.97 Å². The zero-order valence-electron chi connectivity index (χ0n) is 8.41. The minimum atomic E-state index is -0.788. The molecule has 0 aliphatic heterocycles. The summed E-state index contributed by atoms with van der Waals surface area (Å²) in [4.78, 5) is 13.0. The molecule has 3 nitrogen and oxygen atoms in total. The van der Waals surface area contributed by atoms with Gasteiger partial charge >= 0.3 is 5.97 Å². The average Bonchev–Trinajstić information content (AvgIpc) is 2.41. The van der Waals surface area contributed by atoms with Crippen LogP contribution in [0.25, 0.3) is 0 Å². The fraction of sp³-hybridized carbons (Fsp3) is 0.500. The van der Waals surface area contributed by atoms with Gasteiger partial charge in [-0.3, -0.25) is 4.79 Å². The van der Waals surface area contributed by atoms with Gasteiger partial charge in [-0.05, 0) is 32.0 Å². The molecule has 0 aliphatic carbocycles. The van der Waals surface area contributed by atoms with Crippen LogP contribution in [0.3, 0.4) is 0 Å². The van der Waals surface area contributed by atoms with Crippen molar-refractivity contribution < 1.29 is 9.90 Å². The molecule has 3 N–H and O–H groups in total. The third-order valence-electron chi connectivity index (χ3n) is 2.22. The highest BCUT2D eigenvalue weighted by atomic mass is 32.1. The molecule has 0 aliphatic rings. The van der Waals surface area contributed by atoms with E-state index in [1.54, 1.807) is 11.3 Å². The van der Waals surface area contributed by atoms with Crippen LogP contribution in [0.2, 0.25) is 0 Å². The molecule has 1 unspecified atom stereocenters. The molecule has 1 aromatic rings. The summed E-state index contributed by atoms with van der Waals surface area (Å²) in [6, 6.07) is 2.04. The molecular weight excluding hydrogens is 198 g/mol. The largest absolute Gasteiger partial charge is 0.481 e. The Hall–Kier alpha value is -0.870. The predicted molar refractivity (Wildman–Crippen MR) is 57.8 cm³/mol. The molecule has 0 radical (unpaired) electrons. The smallest absolute Gasteiger partial charge is 0.304 e. The van der Waals surface area contributed by atoms with Crippen LogP contribution < -0.4 is 5.73 Å². The summed E-state index contributed by atoms with van der Waals surface area (Å²) >= 11 is 1.69. The quantitative estimate of drug-likeness (QED) is 0.802. The van der Waals surface area contributed by atoms with E-state index >= 15 is 0 Å². The summed E-state index contributed by atoms with van der Waals surface area (Å²) in [6.45, 7) is 4.43. The van der Waals surface area contributed by atoms with Gasteiger partial charge in [0.25, 0.3) is 0 Å². The van der Waals surface area contributed by atoms with Gasteiger partial charge in [0.1, 0.15) is 0 Å². The number of carboxylic acid groups (broad SMARTS) is 1. The van der Waals surface area contributed by atoms with Crippen LogP contribution in [-0.2, 0) is 4.79 Å². The molecule has 4 heteroatoms. The number of rotatable bonds is 4. The third kappa shape index (κ3) is 2.56. The molecule has 0 bridgehead atoms. The molecule has 0 saturated carbocycles. The summed E-state index contributed by atoms with van der Waals surface area (Å²) in [5.41, 5.74) is 6.67. The summed E-state index contributed by atoms with van der Waals surface area (Å²) in [5.74, 6) is -0.832. The summed E-state index contributed by atoms with van der Waals surface area (Å²) in [5, 5.41) is 8.72.